The average Bonchev–Trinajstić information content (AvgIpc) is 3.29. The number of ether oxygens (including phenoxy) is 2. The van der Waals surface area contributed by atoms with E-state index in [1.165, 1.54) is 5.01 Å². The Bertz CT molecular complexity index is 1290. The molecule has 3 aromatic rings. The van der Waals surface area contributed by atoms with Crippen molar-refractivity contribution in [2.75, 3.05) is 13.7 Å². The van der Waals surface area contributed by atoms with E-state index in [9.17, 15) is 9.59 Å². The second-order valence-electron chi connectivity index (χ2n) is 8.14. The number of carboxylic acid groups (broad SMARTS) is 1. The monoisotopic (exact) mass is 495 g/mol. The third-order valence-corrected chi connectivity index (χ3v) is 6.09. The van der Waals surface area contributed by atoms with Crippen LogP contribution in [0.4, 0.5) is 0 Å². The van der Waals surface area contributed by atoms with E-state index in [1.807, 2.05) is 55.5 Å². The summed E-state index contributed by atoms with van der Waals surface area (Å²) < 4.78 is 11.0. The standard InChI is InChI=1S/C26H26ClN3O5/c1-3-35-19-10-11-21-17(13-19)14-20(26(27)28-21)23-15-22(16-6-4-7-18(12-16)34-2)29-30(23)24(31)8-5-9-25(32)33/h4,6-7,10-14,23H,3,5,8-9,15H2,1-2H3,(H,32,33)/t23-/m0/s1. The van der Waals surface area contributed by atoms with E-state index in [-0.39, 0.29) is 30.3 Å². The molecule has 0 spiro atoms. The molecule has 2 heterocycles. The number of hydrogen-bond acceptors (Lipinski definition) is 6. The molecule has 0 saturated carbocycles. The summed E-state index contributed by atoms with van der Waals surface area (Å²) in [6, 6.07) is 14.5. The first-order chi connectivity index (χ1) is 16.9. The minimum Gasteiger partial charge on any atom is -0.497 e. The zero-order valence-electron chi connectivity index (χ0n) is 19.5. The Kier molecular flexibility index (Phi) is 7.51. The van der Waals surface area contributed by atoms with Crippen molar-refractivity contribution in [2.24, 2.45) is 5.10 Å². The fraction of sp³-hybridized carbons (Fsp3) is 0.308. The van der Waals surface area contributed by atoms with Gasteiger partial charge < -0.3 is 14.6 Å². The summed E-state index contributed by atoms with van der Waals surface area (Å²) in [5.41, 5.74) is 2.92. The summed E-state index contributed by atoms with van der Waals surface area (Å²) in [5, 5.41) is 16.1. The van der Waals surface area contributed by atoms with Gasteiger partial charge in [-0.25, -0.2) is 9.99 Å². The molecule has 0 bridgehead atoms. The number of aliphatic carboxylic acids is 1. The molecule has 1 N–H and O–H groups in total. The van der Waals surface area contributed by atoms with Crippen LogP contribution in [0.3, 0.4) is 0 Å². The van der Waals surface area contributed by atoms with Crippen LogP contribution in [-0.4, -0.2) is 46.4 Å². The maximum Gasteiger partial charge on any atom is 0.303 e. The van der Waals surface area contributed by atoms with Crippen LogP contribution in [0.2, 0.25) is 5.15 Å². The molecule has 35 heavy (non-hydrogen) atoms. The molecular formula is C26H26ClN3O5. The molecule has 0 unspecified atom stereocenters. The summed E-state index contributed by atoms with van der Waals surface area (Å²) in [4.78, 5) is 28.6. The molecule has 2 aromatic carbocycles. The van der Waals surface area contributed by atoms with Crippen LogP contribution in [0.25, 0.3) is 10.9 Å². The maximum atomic E-state index is 13.1. The molecule has 4 rings (SSSR count). The van der Waals surface area contributed by atoms with Crippen LogP contribution in [-0.2, 0) is 9.59 Å². The summed E-state index contributed by atoms with van der Waals surface area (Å²) in [7, 11) is 1.59. The summed E-state index contributed by atoms with van der Waals surface area (Å²) in [6.07, 6.45) is 0.624. The van der Waals surface area contributed by atoms with Gasteiger partial charge in [0.2, 0.25) is 5.91 Å². The molecule has 0 fully saturated rings. The minimum atomic E-state index is -0.941. The quantitative estimate of drug-likeness (QED) is 0.408. The second kappa shape index (κ2) is 10.7. The molecule has 9 heteroatoms. The lowest BCUT2D eigenvalue weighted by Crippen LogP contribution is -2.27. The van der Waals surface area contributed by atoms with Gasteiger partial charge in [-0.3, -0.25) is 9.59 Å². The molecule has 1 aromatic heterocycles. The number of nitrogens with zero attached hydrogens (tertiary/aromatic N) is 3. The zero-order chi connectivity index (χ0) is 24.9. The van der Waals surface area contributed by atoms with Crippen molar-refractivity contribution in [2.45, 2.75) is 38.6 Å². The van der Waals surface area contributed by atoms with Gasteiger partial charge in [0.25, 0.3) is 0 Å². The Hall–Kier alpha value is -3.65. The van der Waals surface area contributed by atoms with Crippen molar-refractivity contribution in [3.8, 4) is 11.5 Å². The number of aromatic nitrogens is 1. The normalized spacial score (nSPS) is 15.2. The van der Waals surface area contributed by atoms with Crippen LogP contribution in [0.1, 0.15) is 49.8 Å². The number of pyridine rings is 1. The van der Waals surface area contributed by atoms with Gasteiger partial charge >= 0.3 is 5.97 Å². The predicted octanol–water partition coefficient (Wildman–Crippen LogP) is 5.23. The van der Waals surface area contributed by atoms with Gasteiger partial charge in [-0.1, -0.05) is 23.7 Å². The SMILES string of the molecule is CCOc1ccc2nc(Cl)c([C@@H]3CC(c4cccc(OC)c4)=NN3C(=O)CCCC(=O)O)cc2c1. The number of carbonyl (C=O) groups is 2. The first-order valence-electron chi connectivity index (χ1n) is 11.4. The molecule has 1 amide bonds. The van der Waals surface area contributed by atoms with Crippen molar-refractivity contribution in [3.05, 3.63) is 64.8 Å². The predicted molar refractivity (Wildman–Crippen MR) is 133 cm³/mol. The number of halogens is 1. The van der Waals surface area contributed by atoms with Gasteiger partial charge in [0.05, 0.1) is 31.0 Å². The van der Waals surface area contributed by atoms with Crippen molar-refractivity contribution < 1.29 is 24.2 Å². The highest BCUT2D eigenvalue weighted by molar-refractivity contribution is 6.30. The van der Waals surface area contributed by atoms with Crippen LogP contribution >= 0.6 is 11.6 Å². The van der Waals surface area contributed by atoms with Crippen molar-refractivity contribution >= 4 is 40.1 Å². The lowest BCUT2D eigenvalue weighted by Gasteiger charge is -2.23. The first-order valence-corrected chi connectivity index (χ1v) is 11.8. The zero-order valence-corrected chi connectivity index (χ0v) is 20.3. The number of hydrogen-bond donors (Lipinski definition) is 1. The molecule has 0 radical (unpaired) electrons. The highest BCUT2D eigenvalue weighted by atomic mass is 35.5. The highest BCUT2D eigenvalue weighted by Gasteiger charge is 2.34. The molecule has 182 valence electrons. The number of amides is 1. The minimum absolute atomic E-state index is 0.0603. The molecule has 0 saturated heterocycles. The molecule has 1 aliphatic heterocycles. The number of methoxy groups -OCH3 is 1. The number of rotatable bonds is 9. The molecule has 0 aliphatic carbocycles. The second-order valence-corrected chi connectivity index (χ2v) is 8.50. The summed E-state index contributed by atoms with van der Waals surface area (Å²) in [6.45, 7) is 2.46. The van der Waals surface area contributed by atoms with Crippen LogP contribution < -0.4 is 9.47 Å². The number of benzene rings is 2. The van der Waals surface area contributed by atoms with Crippen molar-refractivity contribution in [1.29, 1.82) is 0 Å². The summed E-state index contributed by atoms with van der Waals surface area (Å²) in [5.74, 6) is 0.190. The van der Waals surface area contributed by atoms with Gasteiger partial charge in [-0.2, -0.15) is 5.10 Å². The van der Waals surface area contributed by atoms with E-state index < -0.39 is 12.0 Å². The Balaban J connectivity index is 1.71. The number of fused-ring (bicyclic) bond motifs is 1. The molecular weight excluding hydrogens is 470 g/mol. The van der Waals surface area contributed by atoms with Gasteiger partial charge in [-0.05, 0) is 49.7 Å². The summed E-state index contributed by atoms with van der Waals surface area (Å²) >= 11 is 6.61. The van der Waals surface area contributed by atoms with Gasteiger partial charge in [0, 0.05) is 35.8 Å². The van der Waals surface area contributed by atoms with E-state index in [2.05, 4.69) is 10.1 Å². The van der Waals surface area contributed by atoms with Gasteiger partial charge in [0.1, 0.15) is 16.7 Å². The van der Waals surface area contributed by atoms with Gasteiger partial charge in [-0.15, -0.1) is 0 Å². The number of carbonyl (C=O) groups excluding carboxylic acids is 1. The highest BCUT2D eigenvalue weighted by Crippen LogP contribution is 2.38. The lowest BCUT2D eigenvalue weighted by atomic mass is 9.98. The largest absolute Gasteiger partial charge is 0.497 e. The number of hydrazone groups is 1. The smallest absolute Gasteiger partial charge is 0.303 e. The Morgan fingerprint density at radius 1 is 1.14 bits per heavy atom. The molecule has 1 aliphatic rings. The topological polar surface area (TPSA) is 101 Å². The molecule has 1 atom stereocenters. The Morgan fingerprint density at radius 2 is 1.97 bits per heavy atom. The molecule has 8 nitrogen and oxygen atoms in total. The van der Waals surface area contributed by atoms with Crippen LogP contribution in [0, 0.1) is 0 Å². The third-order valence-electron chi connectivity index (χ3n) is 5.79. The fourth-order valence-corrected chi connectivity index (χ4v) is 4.37. The van der Waals surface area contributed by atoms with Crippen molar-refractivity contribution in [1.82, 2.24) is 9.99 Å². The fourth-order valence-electron chi connectivity index (χ4n) is 4.10. The van der Waals surface area contributed by atoms with E-state index in [4.69, 9.17) is 26.2 Å². The Morgan fingerprint density at radius 3 is 2.71 bits per heavy atom. The number of carboxylic acids is 1. The first kappa shape index (κ1) is 24.5. The van der Waals surface area contributed by atoms with E-state index >= 15 is 0 Å². The Labute approximate surface area is 208 Å². The van der Waals surface area contributed by atoms with E-state index in [1.54, 1.807) is 7.11 Å². The van der Waals surface area contributed by atoms with E-state index in [0.29, 0.717) is 35.6 Å². The average molecular weight is 496 g/mol. The third kappa shape index (κ3) is 5.54. The van der Waals surface area contributed by atoms with Crippen LogP contribution in [0.15, 0.2) is 53.6 Å². The van der Waals surface area contributed by atoms with Gasteiger partial charge in [0.15, 0.2) is 0 Å². The van der Waals surface area contributed by atoms with Crippen LogP contribution in [0.5, 0.6) is 11.5 Å². The lowest BCUT2D eigenvalue weighted by molar-refractivity contribution is -0.137. The maximum absolute atomic E-state index is 13.1. The van der Waals surface area contributed by atoms with E-state index in [0.717, 1.165) is 16.7 Å². The van der Waals surface area contributed by atoms with Crippen molar-refractivity contribution in [3.63, 3.8) is 0 Å².